The second-order valence-electron chi connectivity index (χ2n) is 4.27. The minimum Gasteiger partial charge on any atom is -0.479 e. The Hall–Kier alpha value is -1.30. The molecule has 16 heavy (non-hydrogen) atoms. The molecule has 1 N–H and O–H groups in total. The lowest BCUT2D eigenvalue weighted by molar-refractivity contribution is -0.154. The molecule has 0 aromatic rings. The summed E-state index contributed by atoms with van der Waals surface area (Å²) in [4.78, 5) is 26.0. The lowest BCUT2D eigenvalue weighted by Gasteiger charge is -2.33. The maximum atomic E-state index is 12.0. The predicted molar refractivity (Wildman–Crippen MR) is 55.1 cm³/mol. The fourth-order valence-corrected chi connectivity index (χ4v) is 1.81. The van der Waals surface area contributed by atoms with Gasteiger partial charge >= 0.3 is 12.0 Å². The molecule has 1 aliphatic carbocycles. The van der Waals surface area contributed by atoms with Gasteiger partial charge in [0, 0.05) is 19.6 Å². The summed E-state index contributed by atoms with van der Waals surface area (Å²) in [5.74, 6) is -1.01. The Bertz CT molecular complexity index is 303. The Morgan fingerprint density at radius 1 is 1.44 bits per heavy atom. The maximum Gasteiger partial charge on any atom is 0.334 e. The predicted octanol–water partition coefficient (Wildman–Crippen LogP) is -0.0140. The number of nitrogens with zero attached hydrogens (tertiary/aromatic N) is 2. The summed E-state index contributed by atoms with van der Waals surface area (Å²) in [6.45, 7) is 0.909. The van der Waals surface area contributed by atoms with Crippen LogP contribution >= 0.6 is 0 Å². The fraction of sp³-hybridized carbons (Fsp3) is 0.800. The van der Waals surface area contributed by atoms with Crippen LogP contribution in [-0.2, 0) is 9.53 Å². The lowest BCUT2D eigenvalue weighted by atomic mass is 10.3. The monoisotopic (exact) mass is 228 g/mol. The fourth-order valence-electron chi connectivity index (χ4n) is 1.81. The summed E-state index contributed by atoms with van der Waals surface area (Å²) in [5, 5.41) is 8.82. The third kappa shape index (κ3) is 2.27. The molecule has 2 fully saturated rings. The summed E-state index contributed by atoms with van der Waals surface area (Å²) in [6, 6.07) is 0.260. The number of rotatable bonds is 2. The smallest absolute Gasteiger partial charge is 0.334 e. The van der Waals surface area contributed by atoms with Gasteiger partial charge in [0.1, 0.15) is 0 Å². The van der Waals surface area contributed by atoms with Crippen molar-refractivity contribution in [1.29, 1.82) is 0 Å². The normalized spacial score (nSPS) is 25.3. The summed E-state index contributed by atoms with van der Waals surface area (Å²) in [5.41, 5.74) is 0. The molecule has 0 aromatic carbocycles. The molecule has 90 valence electrons. The van der Waals surface area contributed by atoms with Crippen LogP contribution in [0.25, 0.3) is 0 Å². The number of ether oxygens (including phenoxy) is 1. The molecule has 1 unspecified atom stereocenters. The average Bonchev–Trinajstić information content (AvgIpc) is 3.11. The van der Waals surface area contributed by atoms with Gasteiger partial charge in [-0.2, -0.15) is 0 Å². The van der Waals surface area contributed by atoms with E-state index in [0.717, 1.165) is 12.8 Å². The van der Waals surface area contributed by atoms with Gasteiger partial charge in [0.05, 0.1) is 13.2 Å². The van der Waals surface area contributed by atoms with Crippen molar-refractivity contribution < 1.29 is 19.4 Å². The van der Waals surface area contributed by atoms with Crippen LogP contribution in [0, 0.1) is 0 Å². The standard InChI is InChI=1S/C10H16N2O4/c1-11(7-2-3-7)10(15)12-4-5-16-8(6-12)9(13)14/h7-8H,2-6H2,1H3,(H,13,14). The van der Waals surface area contributed by atoms with Gasteiger partial charge < -0.3 is 19.6 Å². The van der Waals surface area contributed by atoms with E-state index in [2.05, 4.69) is 0 Å². The molecule has 2 rings (SSSR count). The van der Waals surface area contributed by atoms with Crippen molar-refractivity contribution >= 4 is 12.0 Å². The molecule has 0 radical (unpaired) electrons. The van der Waals surface area contributed by atoms with E-state index in [0.29, 0.717) is 19.2 Å². The van der Waals surface area contributed by atoms with Crippen LogP contribution < -0.4 is 0 Å². The summed E-state index contributed by atoms with van der Waals surface area (Å²) in [7, 11) is 1.77. The highest BCUT2D eigenvalue weighted by atomic mass is 16.5. The Labute approximate surface area is 93.8 Å². The van der Waals surface area contributed by atoms with Gasteiger partial charge in [-0.05, 0) is 12.8 Å². The number of carboxylic acid groups (broad SMARTS) is 1. The second-order valence-corrected chi connectivity index (χ2v) is 4.27. The number of carbonyl (C=O) groups excluding carboxylic acids is 1. The zero-order chi connectivity index (χ0) is 11.7. The molecule has 6 heteroatoms. The van der Waals surface area contributed by atoms with Crippen LogP contribution in [0.2, 0.25) is 0 Å². The number of urea groups is 1. The van der Waals surface area contributed by atoms with Crippen LogP contribution in [0.15, 0.2) is 0 Å². The number of aliphatic carboxylic acids is 1. The van der Waals surface area contributed by atoms with Gasteiger partial charge in [0.25, 0.3) is 0 Å². The third-order valence-electron chi connectivity index (χ3n) is 3.01. The van der Waals surface area contributed by atoms with Crippen molar-refractivity contribution in [3.8, 4) is 0 Å². The number of morpholine rings is 1. The molecule has 1 saturated heterocycles. The van der Waals surface area contributed by atoms with E-state index in [1.54, 1.807) is 16.8 Å². The minimum atomic E-state index is -1.01. The van der Waals surface area contributed by atoms with Crippen LogP contribution in [0.5, 0.6) is 0 Å². The quantitative estimate of drug-likeness (QED) is 0.721. The summed E-state index contributed by atoms with van der Waals surface area (Å²) < 4.78 is 5.06. The van der Waals surface area contributed by atoms with Gasteiger partial charge in [0.2, 0.25) is 0 Å². The topological polar surface area (TPSA) is 70.1 Å². The summed E-state index contributed by atoms with van der Waals surface area (Å²) in [6.07, 6.45) is 1.22. The molecule has 0 spiro atoms. The van der Waals surface area contributed by atoms with Gasteiger partial charge in [-0.25, -0.2) is 9.59 Å². The van der Waals surface area contributed by atoms with Crippen molar-refractivity contribution in [2.75, 3.05) is 26.7 Å². The lowest BCUT2D eigenvalue weighted by Crippen LogP contribution is -2.52. The molecule has 2 amide bonds. The van der Waals surface area contributed by atoms with E-state index < -0.39 is 12.1 Å². The zero-order valence-corrected chi connectivity index (χ0v) is 9.26. The molecule has 1 atom stereocenters. The Balaban J connectivity index is 1.92. The zero-order valence-electron chi connectivity index (χ0n) is 9.26. The van der Waals surface area contributed by atoms with Gasteiger partial charge in [-0.15, -0.1) is 0 Å². The first kappa shape index (κ1) is 11.2. The first-order chi connectivity index (χ1) is 7.59. The first-order valence-electron chi connectivity index (χ1n) is 5.45. The van der Waals surface area contributed by atoms with E-state index in [-0.39, 0.29) is 12.6 Å². The van der Waals surface area contributed by atoms with E-state index in [1.165, 1.54) is 0 Å². The Morgan fingerprint density at radius 2 is 2.12 bits per heavy atom. The van der Waals surface area contributed by atoms with Crippen LogP contribution in [-0.4, -0.2) is 65.8 Å². The highest BCUT2D eigenvalue weighted by molar-refractivity contribution is 5.77. The number of hydrogen-bond acceptors (Lipinski definition) is 3. The molecule has 6 nitrogen and oxygen atoms in total. The van der Waals surface area contributed by atoms with Gasteiger partial charge in [0.15, 0.2) is 6.10 Å². The SMILES string of the molecule is CN(C(=O)N1CCOC(C(=O)O)C1)C1CC1. The van der Waals surface area contributed by atoms with Crippen molar-refractivity contribution in [3.63, 3.8) is 0 Å². The van der Waals surface area contributed by atoms with E-state index in [4.69, 9.17) is 9.84 Å². The average molecular weight is 228 g/mol. The molecule has 2 aliphatic rings. The molecular formula is C10H16N2O4. The maximum absolute atomic E-state index is 12.0. The first-order valence-corrected chi connectivity index (χ1v) is 5.45. The van der Waals surface area contributed by atoms with Crippen molar-refractivity contribution in [3.05, 3.63) is 0 Å². The largest absolute Gasteiger partial charge is 0.479 e. The van der Waals surface area contributed by atoms with Gasteiger partial charge in [-0.1, -0.05) is 0 Å². The highest BCUT2D eigenvalue weighted by Crippen LogP contribution is 2.26. The molecule has 0 bridgehead atoms. The molecule has 1 aliphatic heterocycles. The third-order valence-corrected chi connectivity index (χ3v) is 3.01. The number of amides is 2. The van der Waals surface area contributed by atoms with Crippen LogP contribution in [0.3, 0.4) is 0 Å². The molecule has 1 heterocycles. The summed E-state index contributed by atoms with van der Waals surface area (Å²) >= 11 is 0. The Morgan fingerprint density at radius 3 is 2.69 bits per heavy atom. The molecular weight excluding hydrogens is 212 g/mol. The van der Waals surface area contributed by atoms with E-state index >= 15 is 0 Å². The molecule has 1 saturated carbocycles. The Kier molecular flexibility index (Phi) is 3.00. The molecule has 0 aromatic heterocycles. The van der Waals surface area contributed by atoms with Gasteiger partial charge in [-0.3, -0.25) is 0 Å². The van der Waals surface area contributed by atoms with E-state index in [9.17, 15) is 9.59 Å². The number of carboxylic acids is 1. The highest BCUT2D eigenvalue weighted by Gasteiger charge is 2.35. The van der Waals surface area contributed by atoms with Crippen molar-refractivity contribution in [2.24, 2.45) is 0 Å². The van der Waals surface area contributed by atoms with Crippen LogP contribution in [0.4, 0.5) is 4.79 Å². The van der Waals surface area contributed by atoms with Crippen molar-refractivity contribution in [2.45, 2.75) is 25.0 Å². The van der Waals surface area contributed by atoms with Crippen LogP contribution in [0.1, 0.15) is 12.8 Å². The number of carbonyl (C=O) groups is 2. The number of hydrogen-bond donors (Lipinski definition) is 1. The van der Waals surface area contributed by atoms with Crippen molar-refractivity contribution in [1.82, 2.24) is 9.80 Å². The minimum absolute atomic E-state index is 0.0861. The van der Waals surface area contributed by atoms with E-state index in [1.807, 2.05) is 0 Å². The second kappa shape index (κ2) is 4.29.